The molecule has 0 fully saturated rings. The molecule has 16 heavy (non-hydrogen) atoms. The minimum Gasteiger partial charge on any atom is -0.497 e. The molecule has 1 heterocycles. The maximum Gasteiger partial charge on any atom is 0.168 e. The molecule has 0 unspecified atom stereocenters. The van der Waals surface area contributed by atoms with Gasteiger partial charge in [-0.3, -0.25) is 0 Å². The molecule has 0 aliphatic carbocycles. The lowest BCUT2D eigenvalue weighted by Crippen LogP contribution is -2.00. The highest BCUT2D eigenvalue weighted by atomic mass is 16.5. The number of hydrogen-bond donors (Lipinski definition) is 1. The molecule has 0 aliphatic heterocycles. The van der Waals surface area contributed by atoms with Crippen LogP contribution in [0.2, 0.25) is 0 Å². The zero-order chi connectivity index (χ0) is 11.4. The molecule has 2 aromatic rings. The maximum atomic E-state index is 5.10. The van der Waals surface area contributed by atoms with Crippen LogP contribution < -0.4 is 10.1 Å². The fraction of sp³-hybridized carbons (Fsp3) is 0.273. The average Bonchev–Trinajstić information content (AvgIpc) is 2.78. The van der Waals surface area contributed by atoms with Gasteiger partial charge in [0.05, 0.1) is 19.9 Å². The molecular weight excluding hydrogens is 204 g/mol. The fourth-order valence-electron chi connectivity index (χ4n) is 1.41. The zero-order valence-corrected chi connectivity index (χ0v) is 9.34. The van der Waals surface area contributed by atoms with Crippen LogP contribution in [-0.2, 0) is 6.54 Å². The molecule has 0 radical (unpaired) electrons. The van der Waals surface area contributed by atoms with Gasteiger partial charge in [0.15, 0.2) is 5.82 Å². The lowest BCUT2D eigenvalue weighted by atomic mass is 10.2. The van der Waals surface area contributed by atoms with Crippen molar-refractivity contribution in [2.45, 2.75) is 6.54 Å². The molecule has 5 nitrogen and oxygen atoms in total. The van der Waals surface area contributed by atoms with Crippen molar-refractivity contribution in [1.29, 1.82) is 0 Å². The third-order valence-electron chi connectivity index (χ3n) is 2.30. The standard InChI is InChI=1S/C11H14N4O/c1-12-11-8-15(14-13-11)7-9-3-5-10(16-2)6-4-9/h3-6,8,12H,7H2,1-2H3. The molecule has 0 spiro atoms. The van der Waals surface area contributed by atoms with Crippen LogP contribution in [0.1, 0.15) is 5.56 Å². The normalized spacial score (nSPS) is 10.1. The SMILES string of the molecule is CNc1cn(Cc2ccc(OC)cc2)nn1. The Morgan fingerprint density at radius 2 is 2.06 bits per heavy atom. The first-order chi connectivity index (χ1) is 7.81. The first-order valence-electron chi connectivity index (χ1n) is 5.02. The highest BCUT2D eigenvalue weighted by Gasteiger charge is 1.99. The van der Waals surface area contributed by atoms with E-state index in [-0.39, 0.29) is 0 Å². The molecule has 5 heteroatoms. The van der Waals surface area contributed by atoms with E-state index in [1.807, 2.05) is 37.5 Å². The van der Waals surface area contributed by atoms with Crippen LogP contribution in [0.25, 0.3) is 0 Å². The summed E-state index contributed by atoms with van der Waals surface area (Å²) in [6.07, 6.45) is 1.87. The number of benzene rings is 1. The largest absolute Gasteiger partial charge is 0.497 e. The quantitative estimate of drug-likeness (QED) is 0.842. The number of methoxy groups -OCH3 is 1. The predicted molar refractivity (Wildman–Crippen MR) is 61.7 cm³/mol. The van der Waals surface area contributed by atoms with Crippen molar-refractivity contribution in [2.75, 3.05) is 19.5 Å². The van der Waals surface area contributed by atoms with Crippen LogP contribution >= 0.6 is 0 Å². The molecule has 1 aromatic carbocycles. The molecule has 2 rings (SSSR count). The van der Waals surface area contributed by atoms with Gasteiger partial charge < -0.3 is 10.1 Å². The third kappa shape index (κ3) is 2.31. The van der Waals surface area contributed by atoms with Crippen molar-refractivity contribution >= 4 is 5.82 Å². The number of anilines is 1. The number of nitrogens with zero attached hydrogens (tertiary/aromatic N) is 3. The minimum absolute atomic E-state index is 0.707. The lowest BCUT2D eigenvalue weighted by molar-refractivity contribution is 0.414. The molecule has 0 amide bonds. The summed E-state index contributed by atoms with van der Waals surface area (Å²) >= 11 is 0. The fourth-order valence-corrected chi connectivity index (χ4v) is 1.41. The number of aromatic nitrogens is 3. The Morgan fingerprint density at radius 1 is 1.31 bits per heavy atom. The first-order valence-corrected chi connectivity index (χ1v) is 5.02. The van der Waals surface area contributed by atoms with Crippen LogP contribution in [0.5, 0.6) is 5.75 Å². The van der Waals surface area contributed by atoms with Crippen LogP contribution in [0.15, 0.2) is 30.5 Å². The summed E-state index contributed by atoms with van der Waals surface area (Å²) < 4.78 is 6.88. The number of nitrogens with one attached hydrogen (secondary N) is 1. The zero-order valence-electron chi connectivity index (χ0n) is 9.34. The summed E-state index contributed by atoms with van der Waals surface area (Å²) in [5.41, 5.74) is 1.16. The van der Waals surface area contributed by atoms with Crippen molar-refractivity contribution < 1.29 is 4.74 Å². The summed E-state index contributed by atoms with van der Waals surface area (Å²) in [7, 11) is 3.48. The molecule has 0 aliphatic rings. The predicted octanol–water partition coefficient (Wildman–Crippen LogP) is 1.38. The average molecular weight is 218 g/mol. The topological polar surface area (TPSA) is 52.0 Å². The molecule has 0 atom stereocenters. The Labute approximate surface area is 94.0 Å². The van der Waals surface area contributed by atoms with Gasteiger partial charge in [-0.25, -0.2) is 4.68 Å². The van der Waals surface area contributed by atoms with E-state index in [1.54, 1.807) is 11.8 Å². The summed E-state index contributed by atoms with van der Waals surface area (Å²) in [4.78, 5) is 0. The van der Waals surface area contributed by atoms with Gasteiger partial charge in [-0.05, 0) is 17.7 Å². The molecule has 0 saturated heterocycles. The molecule has 0 bridgehead atoms. The number of ether oxygens (including phenoxy) is 1. The molecule has 1 N–H and O–H groups in total. The van der Waals surface area contributed by atoms with Gasteiger partial charge >= 0.3 is 0 Å². The maximum absolute atomic E-state index is 5.10. The molecule has 1 aromatic heterocycles. The van der Waals surface area contributed by atoms with Crippen LogP contribution in [0, 0.1) is 0 Å². The van der Waals surface area contributed by atoms with Gasteiger partial charge in [-0.15, -0.1) is 5.10 Å². The summed E-state index contributed by atoms with van der Waals surface area (Å²) in [5, 5.41) is 10.9. The van der Waals surface area contributed by atoms with Crippen molar-refractivity contribution in [3.05, 3.63) is 36.0 Å². The highest BCUT2D eigenvalue weighted by molar-refractivity contribution is 5.29. The van der Waals surface area contributed by atoms with Crippen LogP contribution in [0.3, 0.4) is 0 Å². The van der Waals surface area contributed by atoms with E-state index < -0.39 is 0 Å². The Kier molecular flexibility index (Phi) is 3.05. The van der Waals surface area contributed by atoms with Crippen molar-refractivity contribution in [3.63, 3.8) is 0 Å². The Balaban J connectivity index is 2.08. The summed E-state index contributed by atoms with van der Waals surface area (Å²) in [6.45, 7) is 0.707. The van der Waals surface area contributed by atoms with Crippen LogP contribution in [0.4, 0.5) is 5.82 Å². The van der Waals surface area contributed by atoms with E-state index in [0.29, 0.717) is 6.54 Å². The lowest BCUT2D eigenvalue weighted by Gasteiger charge is -2.02. The number of rotatable bonds is 4. The van der Waals surface area contributed by atoms with Gasteiger partial charge in [0.1, 0.15) is 5.75 Å². The van der Waals surface area contributed by atoms with Crippen molar-refractivity contribution in [3.8, 4) is 5.75 Å². The Bertz CT molecular complexity index is 449. The molecule has 84 valence electrons. The van der Waals surface area contributed by atoms with E-state index in [4.69, 9.17) is 4.74 Å². The highest BCUT2D eigenvalue weighted by Crippen LogP contribution is 2.12. The second-order valence-electron chi connectivity index (χ2n) is 3.40. The monoisotopic (exact) mass is 218 g/mol. The second kappa shape index (κ2) is 4.65. The van der Waals surface area contributed by atoms with Gasteiger partial charge in [0.2, 0.25) is 0 Å². The van der Waals surface area contributed by atoms with Gasteiger partial charge in [-0.2, -0.15) is 0 Å². The van der Waals surface area contributed by atoms with Crippen molar-refractivity contribution in [1.82, 2.24) is 15.0 Å². The van der Waals surface area contributed by atoms with E-state index in [9.17, 15) is 0 Å². The van der Waals surface area contributed by atoms with E-state index in [2.05, 4.69) is 15.6 Å². The van der Waals surface area contributed by atoms with Crippen molar-refractivity contribution in [2.24, 2.45) is 0 Å². The molecular formula is C11H14N4O. The van der Waals surface area contributed by atoms with E-state index in [1.165, 1.54) is 0 Å². The first kappa shape index (κ1) is 10.5. The van der Waals surface area contributed by atoms with Gasteiger partial charge in [0, 0.05) is 7.05 Å². The van der Waals surface area contributed by atoms with Crippen LogP contribution in [-0.4, -0.2) is 29.2 Å². The van der Waals surface area contributed by atoms with Gasteiger partial charge in [-0.1, -0.05) is 17.3 Å². The van der Waals surface area contributed by atoms with Gasteiger partial charge in [0.25, 0.3) is 0 Å². The summed E-state index contributed by atoms with van der Waals surface area (Å²) in [5.74, 6) is 1.63. The van der Waals surface area contributed by atoms with E-state index in [0.717, 1.165) is 17.1 Å². The smallest absolute Gasteiger partial charge is 0.168 e. The number of hydrogen-bond acceptors (Lipinski definition) is 4. The Morgan fingerprint density at radius 3 is 2.62 bits per heavy atom. The van der Waals surface area contributed by atoms with E-state index >= 15 is 0 Å². The Hall–Kier alpha value is -2.04. The minimum atomic E-state index is 0.707. The third-order valence-corrected chi connectivity index (χ3v) is 2.30. The molecule has 0 saturated carbocycles. The summed E-state index contributed by atoms with van der Waals surface area (Å²) in [6, 6.07) is 7.90. The second-order valence-corrected chi connectivity index (χ2v) is 3.40.